The van der Waals surface area contributed by atoms with Crippen LogP contribution in [0.5, 0.6) is 5.88 Å². The van der Waals surface area contributed by atoms with Gasteiger partial charge in [-0.1, -0.05) is 25.9 Å². The topological polar surface area (TPSA) is 141 Å². The van der Waals surface area contributed by atoms with Crippen LogP contribution in [0.25, 0.3) is 17.2 Å². The Balaban J connectivity index is 1.62. The SMILES string of the molecule is CC(C)NC(=O)c1ccc(COc2nn3c(-c4cc(CO)on4)nnc3cc2C(C)(C)C)nc1. The molecule has 0 spiro atoms. The van der Waals surface area contributed by atoms with Gasteiger partial charge in [0.25, 0.3) is 5.91 Å². The maximum absolute atomic E-state index is 12.1. The van der Waals surface area contributed by atoms with Crippen molar-refractivity contribution >= 4 is 11.6 Å². The molecule has 178 valence electrons. The van der Waals surface area contributed by atoms with Crippen LogP contribution >= 0.6 is 0 Å². The van der Waals surface area contributed by atoms with Crippen LogP contribution in [0.3, 0.4) is 0 Å². The van der Waals surface area contributed by atoms with E-state index in [4.69, 9.17) is 9.26 Å². The summed E-state index contributed by atoms with van der Waals surface area (Å²) < 4.78 is 12.7. The van der Waals surface area contributed by atoms with Crippen LogP contribution in [0, 0.1) is 0 Å². The quantitative estimate of drug-likeness (QED) is 0.421. The van der Waals surface area contributed by atoms with Gasteiger partial charge >= 0.3 is 0 Å². The maximum Gasteiger partial charge on any atom is 0.253 e. The second-order valence-corrected chi connectivity index (χ2v) is 9.20. The first-order chi connectivity index (χ1) is 16.2. The number of hydrogen-bond donors (Lipinski definition) is 2. The van der Waals surface area contributed by atoms with E-state index in [1.807, 2.05) is 19.9 Å². The van der Waals surface area contributed by atoms with Crippen molar-refractivity contribution in [2.75, 3.05) is 0 Å². The molecule has 34 heavy (non-hydrogen) atoms. The first-order valence-electron chi connectivity index (χ1n) is 10.9. The molecular formula is C23H27N7O4. The third kappa shape index (κ3) is 4.88. The molecule has 0 saturated heterocycles. The molecule has 4 rings (SSSR count). The van der Waals surface area contributed by atoms with Gasteiger partial charge in [0, 0.05) is 23.9 Å². The smallest absolute Gasteiger partial charge is 0.253 e. The molecule has 0 aliphatic carbocycles. The van der Waals surface area contributed by atoms with Crippen LogP contribution in [0.2, 0.25) is 0 Å². The zero-order chi connectivity index (χ0) is 24.5. The van der Waals surface area contributed by atoms with Crippen molar-refractivity contribution in [2.45, 2.75) is 59.3 Å². The van der Waals surface area contributed by atoms with Gasteiger partial charge in [-0.3, -0.25) is 9.78 Å². The van der Waals surface area contributed by atoms with E-state index in [0.29, 0.717) is 40.1 Å². The standard InChI is InChI=1S/C23H27N7O4/c1-13(2)25-21(32)14-6-7-15(24-10-14)12-33-22-17(23(3,4)5)9-19-26-27-20(30(19)28-22)18-8-16(11-31)34-29-18/h6-10,13,31H,11-12H2,1-5H3,(H,25,32). The third-order valence-electron chi connectivity index (χ3n) is 4.97. The monoisotopic (exact) mass is 465 g/mol. The fourth-order valence-corrected chi connectivity index (χ4v) is 3.24. The Kier molecular flexibility index (Phi) is 6.29. The molecule has 0 atom stereocenters. The summed E-state index contributed by atoms with van der Waals surface area (Å²) >= 11 is 0. The lowest BCUT2D eigenvalue weighted by atomic mass is 9.88. The van der Waals surface area contributed by atoms with Gasteiger partial charge in [0.15, 0.2) is 17.1 Å². The molecule has 4 heterocycles. The van der Waals surface area contributed by atoms with Gasteiger partial charge in [0.05, 0.1) is 11.3 Å². The highest BCUT2D eigenvalue weighted by atomic mass is 16.5. The summed E-state index contributed by atoms with van der Waals surface area (Å²) in [5, 5.41) is 29.1. The molecule has 4 aromatic heterocycles. The van der Waals surface area contributed by atoms with Crippen LogP contribution in [0.4, 0.5) is 0 Å². The zero-order valence-electron chi connectivity index (χ0n) is 19.7. The molecule has 11 nitrogen and oxygen atoms in total. The van der Waals surface area contributed by atoms with Gasteiger partial charge in [-0.05, 0) is 37.5 Å². The molecule has 4 aromatic rings. The van der Waals surface area contributed by atoms with E-state index >= 15 is 0 Å². The number of carbonyl (C=O) groups excluding carboxylic acids is 1. The lowest BCUT2D eigenvalue weighted by Crippen LogP contribution is -2.30. The van der Waals surface area contributed by atoms with Crippen molar-refractivity contribution in [3.05, 3.63) is 53.0 Å². The fourth-order valence-electron chi connectivity index (χ4n) is 3.24. The van der Waals surface area contributed by atoms with Crippen LogP contribution in [0.15, 0.2) is 35.0 Å². The number of carbonyl (C=O) groups is 1. The first-order valence-corrected chi connectivity index (χ1v) is 10.9. The van der Waals surface area contributed by atoms with Crippen molar-refractivity contribution in [1.82, 2.24) is 35.3 Å². The molecule has 0 aliphatic heterocycles. The van der Waals surface area contributed by atoms with E-state index in [-0.39, 0.29) is 30.6 Å². The number of hydrogen-bond acceptors (Lipinski definition) is 9. The molecule has 0 fully saturated rings. The number of nitrogens with zero attached hydrogens (tertiary/aromatic N) is 6. The zero-order valence-corrected chi connectivity index (χ0v) is 19.7. The van der Waals surface area contributed by atoms with Crippen molar-refractivity contribution in [3.63, 3.8) is 0 Å². The lowest BCUT2D eigenvalue weighted by molar-refractivity contribution is 0.0942. The van der Waals surface area contributed by atoms with E-state index in [0.717, 1.165) is 5.56 Å². The summed E-state index contributed by atoms with van der Waals surface area (Å²) in [5.41, 5.74) is 2.63. The predicted molar refractivity (Wildman–Crippen MR) is 122 cm³/mol. The Morgan fingerprint density at radius 1 is 1.24 bits per heavy atom. The van der Waals surface area contributed by atoms with Gasteiger partial charge in [0.2, 0.25) is 11.7 Å². The van der Waals surface area contributed by atoms with Crippen molar-refractivity contribution < 1.29 is 19.2 Å². The van der Waals surface area contributed by atoms with Gasteiger partial charge in [-0.15, -0.1) is 15.3 Å². The Morgan fingerprint density at radius 3 is 2.65 bits per heavy atom. The largest absolute Gasteiger partial charge is 0.470 e. The predicted octanol–water partition coefficient (Wildman–Crippen LogP) is 2.68. The average Bonchev–Trinajstić information content (AvgIpc) is 3.42. The Morgan fingerprint density at radius 2 is 2.03 bits per heavy atom. The van der Waals surface area contributed by atoms with Crippen LogP contribution in [0.1, 0.15) is 62.0 Å². The minimum absolute atomic E-state index is 0.0438. The molecule has 0 saturated carbocycles. The summed E-state index contributed by atoms with van der Waals surface area (Å²) in [5.74, 6) is 0.901. The second kappa shape index (κ2) is 9.18. The number of amides is 1. The summed E-state index contributed by atoms with van der Waals surface area (Å²) in [7, 11) is 0. The van der Waals surface area contributed by atoms with Crippen LogP contribution in [-0.2, 0) is 18.6 Å². The Hall–Kier alpha value is -3.86. The van der Waals surface area contributed by atoms with Crippen molar-refractivity contribution in [2.24, 2.45) is 0 Å². The summed E-state index contributed by atoms with van der Waals surface area (Å²) in [6.45, 7) is 9.84. The molecule has 0 unspecified atom stereocenters. The third-order valence-corrected chi connectivity index (χ3v) is 4.97. The summed E-state index contributed by atoms with van der Waals surface area (Å²) in [6.07, 6.45) is 1.53. The molecule has 0 bridgehead atoms. The van der Waals surface area contributed by atoms with Crippen molar-refractivity contribution in [1.29, 1.82) is 0 Å². The Bertz CT molecular complexity index is 1300. The van der Waals surface area contributed by atoms with Gasteiger partial charge in [0.1, 0.15) is 13.2 Å². The number of aliphatic hydroxyl groups excluding tert-OH is 1. The van der Waals surface area contributed by atoms with E-state index in [9.17, 15) is 9.90 Å². The molecule has 2 N–H and O–H groups in total. The summed E-state index contributed by atoms with van der Waals surface area (Å²) in [4.78, 5) is 16.5. The van der Waals surface area contributed by atoms with E-state index < -0.39 is 0 Å². The fraction of sp³-hybridized carbons (Fsp3) is 0.391. The molecule has 0 radical (unpaired) electrons. The average molecular weight is 466 g/mol. The number of aromatic nitrogens is 6. The molecule has 11 heteroatoms. The maximum atomic E-state index is 12.1. The molecular weight excluding hydrogens is 438 g/mol. The first kappa shape index (κ1) is 23.3. The Labute approximate surface area is 196 Å². The minimum Gasteiger partial charge on any atom is -0.470 e. The number of ether oxygens (including phenoxy) is 1. The second-order valence-electron chi connectivity index (χ2n) is 9.20. The van der Waals surface area contributed by atoms with Crippen LogP contribution < -0.4 is 10.1 Å². The number of nitrogens with one attached hydrogen (secondary N) is 1. The van der Waals surface area contributed by atoms with Gasteiger partial charge in [-0.2, -0.15) is 4.52 Å². The highest BCUT2D eigenvalue weighted by molar-refractivity contribution is 5.94. The molecule has 1 amide bonds. The highest BCUT2D eigenvalue weighted by Crippen LogP contribution is 2.32. The molecule has 0 aromatic carbocycles. The normalized spacial score (nSPS) is 11.9. The number of pyridine rings is 1. The van der Waals surface area contributed by atoms with Gasteiger partial charge < -0.3 is 19.7 Å². The van der Waals surface area contributed by atoms with Crippen molar-refractivity contribution in [3.8, 4) is 17.4 Å². The van der Waals surface area contributed by atoms with E-state index in [2.05, 4.69) is 51.5 Å². The van der Waals surface area contributed by atoms with Gasteiger partial charge in [-0.25, -0.2) is 0 Å². The lowest BCUT2D eigenvalue weighted by Gasteiger charge is -2.21. The minimum atomic E-state index is -0.277. The van der Waals surface area contributed by atoms with Crippen LogP contribution in [-0.4, -0.2) is 47.0 Å². The summed E-state index contributed by atoms with van der Waals surface area (Å²) in [6, 6.07) is 6.96. The van der Waals surface area contributed by atoms with E-state index in [1.54, 1.807) is 18.2 Å². The number of aliphatic hydroxyl groups is 1. The number of rotatable bonds is 7. The van der Waals surface area contributed by atoms with E-state index in [1.165, 1.54) is 10.7 Å². The number of fused-ring (bicyclic) bond motifs is 1. The molecule has 0 aliphatic rings. The highest BCUT2D eigenvalue weighted by Gasteiger charge is 2.24.